The van der Waals surface area contributed by atoms with Crippen LogP contribution in [0.5, 0.6) is 0 Å². The van der Waals surface area contributed by atoms with E-state index in [1.165, 1.54) is 7.11 Å². The minimum absolute atomic E-state index is 0.0739. The molecule has 0 aromatic carbocycles. The van der Waals surface area contributed by atoms with E-state index >= 15 is 0 Å². The quantitative estimate of drug-likeness (QED) is 0.516. The van der Waals surface area contributed by atoms with E-state index in [9.17, 15) is 14.7 Å². The minimum atomic E-state index is -1.22. The predicted molar refractivity (Wildman–Crippen MR) is 92.2 cm³/mol. The largest absolute Gasteiger partial charge is 0.469 e. The lowest BCUT2D eigenvalue weighted by atomic mass is 9.87. The smallest absolute Gasteiger partial charge is 0.308 e. The van der Waals surface area contributed by atoms with Crippen molar-refractivity contribution < 1.29 is 24.2 Å². The highest BCUT2D eigenvalue weighted by Gasteiger charge is 2.26. The first-order chi connectivity index (χ1) is 11.1. The number of aliphatic hydroxyl groups is 1. The van der Waals surface area contributed by atoms with Gasteiger partial charge in [0.15, 0.2) is 0 Å². The highest BCUT2D eigenvalue weighted by atomic mass is 16.5. The van der Waals surface area contributed by atoms with Crippen molar-refractivity contribution in [3.8, 4) is 0 Å². The van der Waals surface area contributed by atoms with E-state index in [4.69, 9.17) is 4.74 Å². The molecule has 0 spiro atoms. The number of esters is 2. The standard InChI is InChI=1S/C19H30O5/c1-13(2)15(10-11-19(4,22)12-18(21)23-5)7-6-14(3)16-8-9-17(20)24-16/h10-11,13,15-16,22H,3,6-9,12H2,1-2,4-5H3. The number of rotatable bonds is 9. The molecule has 1 aliphatic rings. The molecule has 0 aromatic rings. The van der Waals surface area contributed by atoms with Crippen LogP contribution < -0.4 is 0 Å². The van der Waals surface area contributed by atoms with Crippen LogP contribution in [-0.2, 0) is 19.1 Å². The maximum Gasteiger partial charge on any atom is 0.308 e. The SMILES string of the molecule is C=C(CCC(C=CC(C)(O)CC(=O)OC)C(C)C)C1CCC(=O)O1. The third-order valence-corrected chi connectivity index (χ3v) is 4.43. The summed E-state index contributed by atoms with van der Waals surface area (Å²) in [4.78, 5) is 22.5. The van der Waals surface area contributed by atoms with E-state index in [0.717, 1.165) is 18.4 Å². The molecule has 0 bridgehead atoms. The van der Waals surface area contributed by atoms with Crippen molar-refractivity contribution in [1.29, 1.82) is 0 Å². The maximum absolute atomic E-state index is 11.3. The Hall–Kier alpha value is -1.62. The number of hydrogen-bond donors (Lipinski definition) is 1. The highest BCUT2D eigenvalue weighted by Crippen LogP contribution is 2.27. The summed E-state index contributed by atoms with van der Waals surface area (Å²) >= 11 is 0. The Morgan fingerprint density at radius 2 is 2.21 bits per heavy atom. The molecule has 5 nitrogen and oxygen atoms in total. The molecular weight excluding hydrogens is 308 g/mol. The molecule has 24 heavy (non-hydrogen) atoms. The van der Waals surface area contributed by atoms with Crippen LogP contribution in [0.2, 0.25) is 0 Å². The van der Waals surface area contributed by atoms with E-state index in [0.29, 0.717) is 18.8 Å². The Labute approximate surface area is 144 Å². The first kappa shape index (κ1) is 20.4. The van der Waals surface area contributed by atoms with Gasteiger partial charge in [0, 0.05) is 6.42 Å². The molecule has 1 N–H and O–H groups in total. The highest BCUT2D eigenvalue weighted by molar-refractivity contribution is 5.72. The Balaban J connectivity index is 2.57. The lowest BCUT2D eigenvalue weighted by molar-refractivity contribution is -0.144. The molecule has 1 aliphatic heterocycles. The molecule has 1 fully saturated rings. The second-order valence-corrected chi connectivity index (χ2v) is 7.09. The fourth-order valence-electron chi connectivity index (χ4n) is 2.73. The van der Waals surface area contributed by atoms with E-state index in [1.807, 2.05) is 6.08 Å². The first-order valence-electron chi connectivity index (χ1n) is 8.50. The molecular formula is C19H30O5. The van der Waals surface area contributed by atoms with Crippen molar-refractivity contribution in [3.63, 3.8) is 0 Å². The summed E-state index contributed by atoms with van der Waals surface area (Å²) in [6.45, 7) is 9.87. The van der Waals surface area contributed by atoms with Crippen molar-refractivity contribution in [3.05, 3.63) is 24.3 Å². The van der Waals surface area contributed by atoms with Gasteiger partial charge in [0.2, 0.25) is 0 Å². The van der Waals surface area contributed by atoms with Gasteiger partial charge < -0.3 is 14.6 Å². The third-order valence-electron chi connectivity index (χ3n) is 4.43. The molecule has 1 heterocycles. The van der Waals surface area contributed by atoms with Crippen molar-refractivity contribution >= 4 is 11.9 Å². The van der Waals surface area contributed by atoms with E-state index < -0.39 is 11.6 Å². The van der Waals surface area contributed by atoms with Gasteiger partial charge in [0.05, 0.1) is 19.1 Å². The summed E-state index contributed by atoms with van der Waals surface area (Å²) in [7, 11) is 1.31. The van der Waals surface area contributed by atoms with Gasteiger partial charge in [-0.2, -0.15) is 0 Å². The lowest BCUT2D eigenvalue weighted by Crippen LogP contribution is -2.26. The van der Waals surface area contributed by atoms with Crippen LogP contribution in [0.25, 0.3) is 0 Å². The zero-order valence-corrected chi connectivity index (χ0v) is 15.2. The number of carbonyl (C=O) groups is 2. The van der Waals surface area contributed by atoms with Gasteiger partial charge in [-0.3, -0.25) is 9.59 Å². The second kappa shape index (κ2) is 9.02. The second-order valence-electron chi connectivity index (χ2n) is 7.09. The van der Waals surface area contributed by atoms with E-state index in [1.54, 1.807) is 13.0 Å². The zero-order valence-electron chi connectivity index (χ0n) is 15.2. The first-order valence-corrected chi connectivity index (χ1v) is 8.50. The Kier molecular flexibility index (Phi) is 7.67. The molecule has 1 saturated heterocycles. The fourth-order valence-corrected chi connectivity index (χ4v) is 2.73. The summed E-state index contributed by atoms with van der Waals surface area (Å²) < 4.78 is 9.84. The average molecular weight is 338 g/mol. The molecule has 0 radical (unpaired) electrons. The van der Waals surface area contributed by atoms with Gasteiger partial charge in [0.25, 0.3) is 0 Å². The number of allylic oxidation sites excluding steroid dienone is 1. The fraction of sp³-hybridized carbons (Fsp3) is 0.684. The van der Waals surface area contributed by atoms with Gasteiger partial charge in [-0.15, -0.1) is 0 Å². The Bertz CT molecular complexity index is 490. The van der Waals surface area contributed by atoms with Crippen molar-refractivity contribution in [2.75, 3.05) is 7.11 Å². The third kappa shape index (κ3) is 6.87. The molecule has 1 rings (SSSR count). The molecule has 0 aromatic heterocycles. The van der Waals surface area contributed by atoms with Gasteiger partial charge in [-0.1, -0.05) is 32.6 Å². The Morgan fingerprint density at radius 1 is 1.54 bits per heavy atom. The molecule has 3 unspecified atom stereocenters. The van der Waals surface area contributed by atoms with Crippen molar-refractivity contribution in [1.82, 2.24) is 0 Å². The van der Waals surface area contributed by atoms with Crippen LogP contribution in [0.3, 0.4) is 0 Å². The predicted octanol–water partition coefficient (Wildman–Crippen LogP) is 3.17. The number of methoxy groups -OCH3 is 1. The van der Waals surface area contributed by atoms with Gasteiger partial charge >= 0.3 is 11.9 Å². The summed E-state index contributed by atoms with van der Waals surface area (Å²) in [5, 5.41) is 10.3. The van der Waals surface area contributed by atoms with Gasteiger partial charge in [-0.25, -0.2) is 0 Å². The van der Waals surface area contributed by atoms with Crippen LogP contribution in [-0.4, -0.2) is 35.9 Å². The molecule has 0 saturated carbocycles. The zero-order chi connectivity index (χ0) is 18.3. The van der Waals surface area contributed by atoms with Crippen LogP contribution >= 0.6 is 0 Å². The van der Waals surface area contributed by atoms with E-state index in [2.05, 4.69) is 25.2 Å². The van der Waals surface area contributed by atoms with Crippen LogP contribution in [0.15, 0.2) is 24.3 Å². The lowest BCUT2D eigenvalue weighted by Gasteiger charge is -2.22. The van der Waals surface area contributed by atoms with Crippen molar-refractivity contribution in [2.24, 2.45) is 11.8 Å². The molecule has 0 aliphatic carbocycles. The van der Waals surface area contributed by atoms with E-state index in [-0.39, 0.29) is 24.4 Å². The number of cyclic esters (lactones) is 1. The summed E-state index contributed by atoms with van der Waals surface area (Å²) in [5.74, 6) is 0.0274. The summed E-state index contributed by atoms with van der Waals surface area (Å²) in [6.07, 6.45) is 6.21. The molecule has 5 heteroatoms. The van der Waals surface area contributed by atoms with Gasteiger partial charge in [-0.05, 0) is 43.6 Å². The number of hydrogen-bond acceptors (Lipinski definition) is 5. The Morgan fingerprint density at radius 3 is 2.71 bits per heavy atom. The average Bonchev–Trinajstić information content (AvgIpc) is 2.92. The topological polar surface area (TPSA) is 72.8 Å². The van der Waals surface area contributed by atoms with Crippen LogP contribution in [0.1, 0.15) is 52.9 Å². The summed E-state index contributed by atoms with van der Waals surface area (Å²) in [6, 6.07) is 0. The normalized spacial score (nSPS) is 21.6. The van der Waals surface area contributed by atoms with Crippen LogP contribution in [0.4, 0.5) is 0 Å². The van der Waals surface area contributed by atoms with Crippen molar-refractivity contribution in [2.45, 2.75) is 64.6 Å². The summed E-state index contributed by atoms with van der Waals surface area (Å²) in [5.41, 5.74) is -0.278. The minimum Gasteiger partial charge on any atom is -0.469 e. The van der Waals surface area contributed by atoms with Crippen LogP contribution in [0, 0.1) is 11.8 Å². The molecule has 136 valence electrons. The number of carbonyl (C=O) groups excluding carboxylic acids is 2. The monoisotopic (exact) mass is 338 g/mol. The number of ether oxygens (including phenoxy) is 2. The molecule has 3 atom stereocenters. The molecule has 0 amide bonds. The van der Waals surface area contributed by atoms with Gasteiger partial charge in [0.1, 0.15) is 6.10 Å². The maximum atomic E-state index is 11.3.